The molecular weight excluding hydrogens is 381 g/mol. The molecule has 0 heterocycles. The summed E-state index contributed by atoms with van der Waals surface area (Å²) in [5, 5.41) is 5.64. The van der Waals surface area contributed by atoms with Gasteiger partial charge >= 0.3 is 6.18 Å². The van der Waals surface area contributed by atoms with Crippen molar-refractivity contribution < 1.29 is 22.8 Å². The first-order chi connectivity index (χ1) is 13.8. The van der Waals surface area contributed by atoms with Crippen LogP contribution in [0.1, 0.15) is 42.5 Å². The topological polar surface area (TPSA) is 58.2 Å². The summed E-state index contributed by atoms with van der Waals surface area (Å²) in [6.07, 6.45) is -4.22. The van der Waals surface area contributed by atoms with Crippen LogP contribution < -0.4 is 10.6 Å². The van der Waals surface area contributed by atoms with Crippen molar-refractivity contribution in [2.75, 3.05) is 0 Å². The van der Waals surface area contributed by atoms with E-state index < -0.39 is 24.9 Å². The van der Waals surface area contributed by atoms with Gasteiger partial charge in [0.1, 0.15) is 0 Å². The summed E-state index contributed by atoms with van der Waals surface area (Å²) in [6.45, 7) is 0. The van der Waals surface area contributed by atoms with E-state index in [9.17, 15) is 22.8 Å². The number of rotatable bonds is 6. The zero-order valence-corrected chi connectivity index (χ0v) is 15.8. The van der Waals surface area contributed by atoms with E-state index in [0.717, 1.165) is 11.1 Å². The number of hydrogen-bond donors (Lipinski definition) is 2. The van der Waals surface area contributed by atoms with Crippen LogP contribution in [0.2, 0.25) is 0 Å². The first kappa shape index (κ1) is 20.9. The van der Waals surface area contributed by atoms with Crippen molar-refractivity contribution in [3.8, 4) is 11.1 Å². The minimum absolute atomic E-state index is 0.126. The van der Waals surface area contributed by atoms with E-state index in [-0.39, 0.29) is 18.0 Å². The van der Waals surface area contributed by atoms with Crippen LogP contribution in [0.25, 0.3) is 11.1 Å². The number of benzene rings is 2. The summed E-state index contributed by atoms with van der Waals surface area (Å²) in [4.78, 5) is 24.5. The molecule has 2 aromatic carbocycles. The van der Waals surface area contributed by atoms with Gasteiger partial charge in [0.25, 0.3) is 5.91 Å². The smallest absolute Gasteiger partial charge is 0.353 e. The maximum absolute atomic E-state index is 12.8. The third-order valence-electron chi connectivity index (χ3n) is 5.02. The normalized spacial score (nSPS) is 19.0. The van der Waals surface area contributed by atoms with Crippen LogP contribution >= 0.6 is 0 Å². The Morgan fingerprint density at radius 3 is 2.21 bits per heavy atom. The lowest BCUT2D eigenvalue weighted by Gasteiger charge is -2.16. The Labute approximate surface area is 167 Å². The summed E-state index contributed by atoms with van der Waals surface area (Å²) in [5.41, 5.74) is 2.34. The molecule has 0 bridgehead atoms. The molecule has 2 atom stereocenters. The summed E-state index contributed by atoms with van der Waals surface area (Å²) in [7, 11) is 0. The largest absolute Gasteiger partial charge is 0.389 e. The van der Waals surface area contributed by atoms with Crippen molar-refractivity contribution in [1.82, 2.24) is 10.6 Å². The number of alkyl halides is 3. The molecule has 2 amide bonds. The van der Waals surface area contributed by atoms with Crippen molar-refractivity contribution in [1.29, 1.82) is 0 Å². The molecule has 3 rings (SSSR count). The Morgan fingerprint density at radius 1 is 0.897 bits per heavy atom. The highest BCUT2D eigenvalue weighted by atomic mass is 19.4. The standard InChI is InChI=1S/C22H23F3N2O2/c23-22(24,25)13-12-20(28)26-16-10-11-17(14-16)27-21(29)19-9-5-4-8-18(19)15-6-2-1-3-7-15/h1-9,16-17H,10-14H2,(H,26,28)(H,27,29)/t16-,17+/m1/s1. The molecule has 0 unspecified atom stereocenters. The maximum Gasteiger partial charge on any atom is 0.389 e. The summed E-state index contributed by atoms with van der Waals surface area (Å²) in [6, 6.07) is 16.6. The van der Waals surface area contributed by atoms with Crippen LogP contribution in [-0.2, 0) is 4.79 Å². The Morgan fingerprint density at radius 2 is 1.52 bits per heavy atom. The molecule has 1 saturated carbocycles. The zero-order chi connectivity index (χ0) is 20.9. The van der Waals surface area contributed by atoms with Gasteiger partial charge in [-0.15, -0.1) is 0 Å². The monoisotopic (exact) mass is 404 g/mol. The van der Waals surface area contributed by atoms with E-state index in [0.29, 0.717) is 24.8 Å². The number of amides is 2. The highest BCUT2D eigenvalue weighted by molar-refractivity contribution is 6.01. The molecule has 0 spiro atoms. The van der Waals surface area contributed by atoms with Gasteiger partial charge in [-0.05, 0) is 36.5 Å². The molecule has 7 heteroatoms. The minimum atomic E-state index is -4.34. The molecule has 1 aliphatic carbocycles. The summed E-state index contributed by atoms with van der Waals surface area (Å²) < 4.78 is 36.7. The summed E-state index contributed by atoms with van der Waals surface area (Å²) >= 11 is 0. The molecule has 29 heavy (non-hydrogen) atoms. The van der Waals surface area contributed by atoms with Crippen LogP contribution in [0.5, 0.6) is 0 Å². The highest BCUT2D eigenvalue weighted by Gasteiger charge is 2.30. The number of carbonyl (C=O) groups excluding carboxylic acids is 2. The van der Waals surface area contributed by atoms with Crippen molar-refractivity contribution in [2.24, 2.45) is 0 Å². The SMILES string of the molecule is O=C(CCC(F)(F)F)N[C@@H]1CC[C@H](NC(=O)c2ccccc2-c2ccccc2)C1. The third kappa shape index (κ3) is 6.07. The first-order valence-electron chi connectivity index (χ1n) is 9.63. The van der Waals surface area contributed by atoms with Crippen LogP contribution in [0.3, 0.4) is 0 Å². The van der Waals surface area contributed by atoms with Crippen molar-refractivity contribution in [3.63, 3.8) is 0 Å². The summed E-state index contributed by atoms with van der Waals surface area (Å²) in [5.74, 6) is -0.799. The molecule has 1 fully saturated rings. The van der Waals surface area contributed by atoms with Gasteiger partial charge in [0.15, 0.2) is 0 Å². The van der Waals surface area contributed by atoms with Crippen LogP contribution in [0.4, 0.5) is 13.2 Å². The Hall–Kier alpha value is -2.83. The van der Waals surface area contributed by atoms with Gasteiger partial charge < -0.3 is 10.6 Å². The van der Waals surface area contributed by atoms with Gasteiger partial charge in [0.2, 0.25) is 5.91 Å². The van der Waals surface area contributed by atoms with Crippen LogP contribution in [0.15, 0.2) is 54.6 Å². The predicted molar refractivity (Wildman–Crippen MR) is 104 cm³/mol. The molecular formula is C22H23F3N2O2. The van der Waals surface area contributed by atoms with Gasteiger partial charge in [0, 0.05) is 24.1 Å². The maximum atomic E-state index is 12.8. The molecule has 0 radical (unpaired) electrons. The highest BCUT2D eigenvalue weighted by Crippen LogP contribution is 2.25. The predicted octanol–water partition coefficient (Wildman–Crippen LogP) is 4.46. The Kier molecular flexibility index (Phi) is 6.56. The lowest BCUT2D eigenvalue weighted by atomic mass is 9.99. The third-order valence-corrected chi connectivity index (χ3v) is 5.02. The van der Waals surface area contributed by atoms with Crippen molar-refractivity contribution in [2.45, 2.75) is 50.4 Å². The quantitative estimate of drug-likeness (QED) is 0.747. The number of nitrogens with one attached hydrogen (secondary N) is 2. The van der Waals surface area contributed by atoms with Crippen LogP contribution in [0, 0.1) is 0 Å². The molecule has 4 nitrogen and oxygen atoms in total. The van der Waals surface area contributed by atoms with Gasteiger partial charge in [-0.25, -0.2) is 0 Å². The van der Waals surface area contributed by atoms with Gasteiger partial charge in [0.05, 0.1) is 6.42 Å². The number of halogens is 3. The molecule has 2 aromatic rings. The molecule has 154 valence electrons. The minimum Gasteiger partial charge on any atom is -0.353 e. The zero-order valence-electron chi connectivity index (χ0n) is 15.8. The van der Waals surface area contributed by atoms with Gasteiger partial charge in [-0.3, -0.25) is 9.59 Å². The second-order valence-electron chi connectivity index (χ2n) is 7.27. The van der Waals surface area contributed by atoms with E-state index in [2.05, 4.69) is 10.6 Å². The average Bonchev–Trinajstić information content (AvgIpc) is 3.13. The lowest BCUT2D eigenvalue weighted by Crippen LogP contribution is -2.37. The average molecular weight is 404 g/mol. The van der Waals surface area contributed by atoms with E-state index in [1.54, 1.807) is 12.1 Å². The molecule has 0 aromatic heterocycles. The number of hydrogen-bond acceptors (Lipinski definition) is 2. The van der Waals surface area contributed by atoms with E-state index in [4.69, 9.17) is 0 Å². The fourth-order valence-corrected chi connectivity index (χ4v) is 3.61. The number of carbonyl (C=O) groups is 2. The molecule has 1 aliphatic rings. The Balaban J connectivity index is 1.56. The molecule has 2 N–H and O–H groups in total. The van der Waals surface area contributed by atoms with Gasteiger partial charge in [-0.1, -0.05) is 48.5 Å². The first-order valence-corrected chi connectivity index (χ1v) is 9.63. The fourth-order valence-electron chi connectivity index (χ4n) is 3.61. The van der Waals surface area contributed by atoms with E-state index >= 15 is 0 Å². The Bertz CT molecular complexity index is 853. The molecule has 0 saturated heterocycles. The fraction of sp³-hybridized carbons (Fsp3) is 0.364. The second kappa shape index (κ2) is 9.11. The van der Waals surface area contributed by atoms with E-state index in [1.165, 1.54) is 0 Å². The molecule has 0 aliphatic heterocycles. The second-order valence-corrected chi connectivity index (χ2v) is 7.27. The van der Waals surface area contributed by atoms with E-state index in [1.807, 2.05) is 42.5 Å². The van der Waals surface area contributed by atoms with Crippen molar-refractivity contribution >= 4 is 11.8 Å². The van der Waals surface area contributed by atoms with Gasteiger partial charge in [-0.2, -0.15) is 13.2 Å². The lowest BCUT2D eigenvalue weighted by molar-refractivity contribution is -0.144. The van der Waals surface area contributed by atoms with Crippen molar-refractivity contribution in [3.05, 3.63) is 60.2 Å². The van der Waals surface area contributed by atoms with Crippen LogP contribution in [-0.4, -0.2) is 30.1 Å².